The zero-order chi connectivity index (χ0) is 12.3. The third-order valence-electron chi connectivity index (χ3n) is 3.07. The summed E-state index contributed by atoms with van der Waals surface area (Å²) in [4.78, 5) is 16.5. The molecular formula is C11H16N4O2. The van der Waals surface area contributed by atoms with Crippen molar-refractivity contribution in [2.45, 2.75) is 18.9 Å². The molecule has 6 nitrogen and oxygen atoms in total. The van der Waals surface area contributed by atoms with Crippen molar-refractivity contribution in [3.8, 4) is 0 Å². The number of aromatic nitrogens is 1. The van der Waals surface area contributed by atoms with Gasteiger partial charge in [0.2, 0.25) is 0 Å². The first-order valence-electron chi connectivity index (χ1n) is 5.70. The third kappa shape index (κ3) is 2.91. The minimum Gasteiger partial charge on any atom is -0.377 e. The highest BCUT2D eigenvalue weighted by atomic mass is 16.6. The van der Waals surface area contributed by atoms with Crippen molar-refractivity contribution in [1.29, 1.82) is 0 Å². The van der Waals surface area contributed by atoms with Gasteiger partial charge in [0.25, 0.3) is 0 Å². The molecule has 0 amide bonds. The number of rotatable bonds is 3. The van der Waals surface area contributed by atoms with Crippen LogP contribution < -0.4 is 5.32 Å². The summed E-state index contributed by atoms with van der Waals surface area (Å²) in [6, 6.07) is 1.98. The summed E-state index contributed by atoms with van der Waals surface area (Å²) < 4.78 is 0. The molecule has 17 heavy (non-hydrogen) atoms. The van der Waals surface area contributed by atoms with Gasteiger partial charge in [-0.2, -0.15) is 0 Å². The number of pyridine rings is 1. The monoisotopic (exact) mass is 236 g/mol. The molecule has 0 saturated carbocycles. The number of likely N-dealkylation sites (tertiary alicyclic amines) is 1. The van der Waals surface area contributed by atoms with Crippen molar-refractivity contribution in [3.05, 3.63) is 28.6 Å². The molecule has 1 saturated heterocycles. The molecule has 92 valence electrons. The second kappa shape index (κ2) is 5.09. The number of nitrogens with zero attached hydrogens (tertiary/aromatic N) is 3. The predicted molar refractivity (Wildman–Crippen MR) is 65.0 cm³/mol. The van der Waals surface area contributed by atoms with Gasteiger partial charge in [-0.25, -0.2) is 0 Å². The standard InChI is InChI=1S/C11H16N4O2/c1-14-6-3-9(4-7-14)13-10-2-5-12-8-11(10)15(16)17/h2,5,8-9H,3-4,6-7H2,1H3,(H,12,13). The molecule has 2 heterocycles. The summed E-state index contributed by atoms with van der Waals surface area (Å²) in [6.07, 6.45) is 4.88. The van der Waals surface area contributed by atoms with Crippen LogP contribution in [0.3, 0.4) is 0 Å². The van der Waals surface area contributed by atoms with Crippen LogP contribution in [0.5, 0.6) is 0 Å². The fraction of sp³-hybridized carbons (Fsp3) is 0.545. The highest BCUT2D eigenvalue weighted by Crippen LogP contribution is 2.24. The van der Waals surface area contributed by atoms with Crippen molar-refractivity contribution in [1.82, 2.24) is 9.88 Å². The van der Waals surface area contributed by atoms with Gasteiger partial charge in [0.05, 0.1) is 4.92 Å². The lowest BCUT2D eigenvalue weighted by molar-refractivity contribution is -0.384. The van der Waals surface area contributed by atoms with Gasteiger partial charge in [0.1, 0.15) is 11.9 Å². The average molecular weight is 236 g/mol. The zero-order valence-electron chi connectivity index (χ0n) is 9.80. The molecule has 0 spiro atoms. The summed E-state index contributed by atoms with van der Waals surface area (Å²) in [5.41, 5.74) is 0.617. The first-order chi connectivity index (χ1) is 8.16. The second-order valence-electron chi connectivity index (χ2n) is 4.37. The molecule has 6 heteroatoms. The van der Waals surface area contributed by atoms with E-state index >= 15 is 0 Å². The number of hydrogen-bond acceptors (Lipinski definition) is 5. The highest BCUT2D eigenvalue weighted by Gasteiger charge is 2.20. The Hall–Kier alpha value is -1.69. The van der Waals surface area contributed by atoms with E-state index in [0.717, 1.165) is 25.9 Å². The van der Waals surface area contributed by atoms with Crippen molar-refractivity contribution >= 4 is 11.4 Å². The SMILES string of the molecule is CN1CCC(Nc2ccncc2[N+](=O)[O-])CC1. The Morgan fingerprint density at radius 3 is 2.88 bits per heavy atom. The van der Waals surface area contributed by atoms with E-state index in [-0.39, 0.29) is 5.69 Å². The average Bonchev–Trinajstić information content (AvgIpc) is 2.32. The fourth-order valence-corrected chi connectivity index (χ4v) is 2.03. The van der Waals surface area contributed by atoms with E-state index < -0.39 is 4.92 Å². The Bertz CT molecular complexity index is 402. The van der Waals surface area contributed by atoms with Gasteiger partial charge in [-0.1, -0.05) is 0 Å². The Labute approximate surface area is 99.8 Å². The van der Waals surface area contributed by atoms with Gasteiger partial charge in [0.15, 0.2) is 0 Å². The van der Waals surface area contributed by atoms with E-state index in [4.69, 9.17) is 0 Å². The lowest BCUT2D eigenvalue weighted by Gasteiger charge is -2.29. The number of hydrogen-bond donors (Lipinski definition) is 1. The van der Waals surface area contributed by atoms with Crippen molar-refractivity contribution in [2.24, 2.45) is 0 Å². The van der Waals surface area contributed by atoms with Gasteiger partial charge in [0, 0.05) is 12.2 Å². The highest BCUT2D eigenvalue weighted by molar-refractivity contribution is 5.60. The van der Waals surface area contributed by atoms with E-state index in [1.807, 2.05) is 0 Å². The minimum atomic E-state index is -0.399. The molecule has 1 aliphatic heterocycles. The van der Waals surface area contributed by atoms with E-state index in [1.165, 1.54) is 6.20 Å². The summed E-state index contributed by atoms with van der Waals surface area (Å²) in [5, 5.41) is 14.1. The summed E-state index contributed by atoms with van der Waals surface area (Å²) >= 11 is 0. The molecule has 0 aliphatic carbocycles. The van der Waals surface area contributed by atoms with Crippen molar-refractivity contribution in [3.63, 3.8) is 0 Å². The number of anilines is 1. The normalized spacial score (nSPS) is 17.9. The smallest absolute Gasteiger partial charge is 0.310 e. The van der Waals surface area contributed by atoms with E-state index in [0.29, 0.717) is 11.7 Å². The Balaban J connectivity index is 2.05. The Kier molecular flexibility index (Phi) is 3.53. The van der Waals surface area contributed by atoms with Crippen LogP contribution >= 0.6 is 0 Å². The molecule has 1 N–H and O–H groups in total. The van der Waals surface area contributed by atoms with Crippen LogP contribution in [-0.2, 0) is 0 Å². The van der Waals surface area contributed by atoms with Gasteiger partial charge in [-0.05, 0) is 39.0 Å². The Morgan fingerprint density at radius 1 is 1.53 bits per heavy atom. The summed E-state index contributed by atoms with van der Waals surface area (Å²) in [6.45, 7) is 2.05. The molecule has 0 aromatic carbocycles. The molecule has 0 bridgehead atoms. The van der Waals surface area contributed by atoms with Crippen LogP contribution in [0.25, 0.3) is 0 Å². The third-order valence-corrected chi connectivity index (χ3v) is 3.07. The molecule has 1 fully saturated rings. The lowest BCUT2D eigenvalue weighted by Crippen LogP contribution is -2.36. The maximum atomic E-state index is 10.8. The van der Waals surface area contributed by atoms with Crippen LogP contribution in [0.15, 0.2) is 18.5 Å². The number of nitro groups is 1. The summed E-state index contributed by atoms with van der Waals surface area (Å²) in [5.74, 6) is 0. The number of piperidine rings is 1. The van der Waals surface area contributed by atoms with Gasteiger partial charge in [-0.3, -0.25) is 15.1 Å². The molecular weight excluding hydrogens is 220 g/mol. The fourth-order valence-electron chi connectivity index (χ4n) is 2.03. The second-order valence-corrected chi connectivity index (χ2v) is 4.37. The number of nitrogens with one attached hydrogen (secondary N) is 1. The van der Waals surface area contributed by atoms with Gasteiger partial charge in [-0.15, -0.1) is 0 Å². The van der Waals surface area contributed by atoms with Crippen LogP contribution in [0, 0.1) is 10.1 Å². The minimum absolute atomic E-state index is 0.0476. The van der Waals surface area contributed by atoms with Crippen LogP contribution in [0.2, 0.25) is 0 Å². The van der Waals surface area contributed by atoms with Gasteiger partial charge < -0.3 is 10.2 Å². The van der Waals surface area contributed by atoms with Crippen LogP contribution in [0.1, 0.15) is 12.8 Å². The molecule has 2 rings (SSSR count). The molecule has 1 aromatic heterocycles. The van der Waals surface area contributed by atoms with Gasteiger partial charge >= 0.3 is 5.69 Å². The van der Waals surface area contributed by atoms with Crippen molar-refractivity contribution in [2.75, 3.05) is 25.5 Å². The molecule has 1 aliphatic rings. The van der Waals surface area contributed by atoms with E-state index in [1.54, 1.807) is 12.3 Å². The van der Waals surface area contributed by atoms with Crippen molar-refractivity contribution < 1.29 is 4.92 Å². The molecule has 0 atom stereocenters. The zero-order valence-corrected chi connectivity index (χ0v) is 9.80. The lowest BCUT2D eigenvalue weighted by atomic mass is 10.1. The maximum absolute atomic E-state index is 10.8. The first kappa shape index (κ1) is 11.8. The quantitative estimate of drug-likeness (QED) is 0.636. The Morgan fingerprint density at radius 2 is 2.24 bits per heavy atom. The molecule has 0 unspecified atom stereocenters. The maximum Gasteiger partial charge on any atom is 0.310 e. The summed E-state index contributed by atoms with van der Waals surface area (Å²) in [7, 11) is 2.09. The molecule has 1 aromatic rings. The largest absolute Gasteiger partial charge is 0.377 e. The topological polar surface area (TPSA) is 71.3 Å². The predicted octanol–water partition coefficient (Wildman–Crippen LogP) is 1.50. The van der Waals surface area contributed by atoms with Crippen LogP contribution in [-0.4, -0.2) is 41.0 Å². The van der Waals surface area contributed by atoms with Crippen LogP contribution in [0.4, 0.5) is 11.4 Å². The van der Waals surface area contributed by atoms with E-state index in [2.05, 4.69) is 22.2 Å². The first-order valence-corrected chi connectivity index (χ1v) is 5.70. The van der Waals surface area contributed by atoms with E-state index in [9.17, 15) is 10.1 Å². The molecule has 0 radical (unpaired) electrons.